The molecule has 6 heteroatoms. The number of fused-ring (bicyclic) bond motifs is 1. The van der Waals surface area contributed by atoms with Gasteiger partial charge in [-0.1, -0.05) is 18.2 Å². The molecule has 0 fully saturated rings. The second-order valence-electron chi connectivity index (χ2n) is 5.51. The second kappa shape index (κ2) is 6.42. The predicted molar refractivity (Wildman–Crippen MR) is 88.8 cm³/mol. The molecule has 0 bridgehead atoms. The van der Waals surface area contributed by atoms with E-state index in [-0.39, 0.29) is 19.0 Å². The van der Waals surface area contributed by atoms with E-state index in [1.54, 1.807) is 35.2 Å². The minimum Gasteiger partial charge on any atom is -0.423 e. The first-order chi connectivity index (χ1) is 11.6. The third-order valence-corrected chi connectivity index (χ3v) is 3.66. The van der Waals surface area contributed by atoms with Gasteiger partial charge in [0.05, 0.1) is 23.5 Å². The first-order valence-corrected chi connectivity index (χ1v) is 7.42. The first kappa shape index (κ1) is 15.6. The first-order valence-electron chi connectivity index (χ1n) is 7.42. The number of carbonyl (C=O) groups is 2. The molecule has 1 N–H and O–H groups in total. The standard InChI is InChI=1S/C18H15N3O3/c1-12-6-7-15-16(8-12)24-18(23)11-21(15)10-17(22)20-14-5-3-2-4-13(14)9-19/h2-8H,10-11H2,1H3,(H,20,22). The largest absolute Gasteiger partial charge is 0.423 e. The molecule has 1 aliphatic heterocycles. The molecule has 0 unspecified atom stereocenters. The third kappa shape index (κ3) is 3.20. The van der Waals surface area contributed by atoms with E-state index in [1.807, 2.05) is 25.1 Å². The second-order valence-corrected chi connectivity index (χ2v) is 5.51. The van der Waals surface area contributed by atoms with Crippen LogP contribution in [0.25, 0.3) is 0 Å². The topological polar surface area (TPSA) is 82.4 Å². The highest BCUT2D eigenvalue weighted by Crippen LogP contribution is 2.32. The molecule has 2 aromatic carbocycles. The fourth-order valence-electron chi connectivity index (χ4n) is 2.55. The maximum atomic E-state index is 12.3. The lowest BCUT2D eigenvalue weighted by molar-refractivity contribution is -0.133. The number of rotatable bonds is 3. The molecule has 1 heterocycles. The normalized spacial score (nSPS) is 12.8. The van der Waals surface area contributed by atoms with Crippen molar-refractivity contribution >= 4 is 23.3 Å². The highest BCUT2D eigenvalue weighted by atomic mass is 16.5. The van der Waals surface area contributed by atoms with Crippen molar-refractivity contribution in [1.29, 1.82) is 5.26 Å². The zero-order chi connectivity index (χ0) is 17.1. The average molecular weight is 321 g/mol. The number of esters is 1. The summed E-state index contributed by atoms with van der Waals surface area (Å²) in [5, 5.41) is 11.8. The van der Waals surface area contributed by atoms with Gasteiger partial charge in [-0.2, -0.15) is 5.26 Å². The summed E-state index contributed by atoms with van der Waals surface area (Å²) >= 11 is 0. The Morgan fingerprint density at radius 3 is 2.92 bits per heavy atom. The molecule has 0 saturated carbocycles. The van der Waals surface area contributed by atoms with E-state index in [4.69, 9.17) is 10.00 Å². The van der Waals surface area contributed by atoms with E-state index in [9.17, 15) is 9.59 Å². The number of nitrogens with zero attached hydrogens (tertiary/aromatic N) is 2. The Labute approximate surface area is 139 Å². The van der Waals surface area contributed by atoms with E-state index in [0.717, 1.165) is 5.56 Å². The van der Waals surface area contributed by atoms with Crippen molar-refractivity contribution in [3.63, 3.8) is 0 Å². The van der Waals surface area contributed by atoms with Gasteiger partial charge in [0, 0.05) is 0 Å². The van der Waals surface area contributed by atoms with Gasteiger partial charge in [0.1, 0.15) is 12.6 Å². The number of carbonyl (C=O) groups excluding carboxylic acids is 2. The van der Waals surface area contributed by atoms with Crippen LogP contribution in [-0.4, -0.2) is 25.0 Å². The summed E-state index contributed by atoms with van der Waals surface area (Å²) in [4.78, 5) is 25.7. The average Bonchev–Trinajstić information content (AvgIpc) is 2.54. The number of nitriles is 1. The van der Waals surface area contributed by atoms with Crippen LogP contribution in [0.3, 0.4) is 0 Å². The molecular formula is C18H15N3O3. The van der Waals surface area contributed by atoms with Crippen LogP contribution in [0.4, 0.5) is 11.4 Å². The summed E-state index contributed by atoms with van der Waals surface area (Å²) in [6.07, 6.45) is 0. The molecule has 3 rings (SSSR count). The fourth-order valence-corrected chi connectivity index (χ4v) is 2.55. The van der Waals surface area contributed by atoms with Crippen LogP contribution in [0.2, 0.25) is 0 Å². The molecule has 0 aliphatic carbocycles. The van der Waals surface area contributed by atoms with Gasteiger partial charge in [-0.3, -0.25) is 4.79 Å². The molecule has 0 radical (unpaired) electrons. The Balaban J connectivity index is 1.78. The summed E-state index contributed by atoms with van der Waals surface area (Å²) in [7, 11) is 0. The minimum atomic E-state index is -0.404. The number of nitrogens with one attached hydrogen (secondary N) is 1. The van der Waals surface area contributed by atoms with Crippen LogP contribution in [0.5, 0.6) is 5.75 Å². The van der Waals surface area contributed by atoms with Gasteiger partial charge in [-0.05, 0) is 36.8 Å². The molecule has 0 saturated heterocycles. The molecule has 2 aromatic rings. The van der Waals surface area contributed by atoms with Crippen molar-refractivity contribution < 1.29 is 14.3 Å². The van der Waals surface area contributed by atoms with Crippen LogP contribution in [-0.2, 0) is 9.59 Å². The van der Waals surface area contributed by atoms with Crippen molar-refractivity contribution in [3.8, 4) is 11.8 Å². The Bertz CT molecular complexity index is 855. The van der Waals surface area contributed by atoms with E-state index in [1.165, 1.54) is 0 Å². The van der Waals surface area contributed by atoms with E-state index in [0.29, 0.717) is 22.7 Å². The van der Waals surface area contributed by atoms with Crippen LogP contribution in [0.1, 0.15) is 11.1 Å². The molecule has 120 valence electrons. The number of ether oxygens (including phenoxy) is 1. The highest BCUT2D eigenvalue weighted by Gasteiger charge is 2.25. The monoisotopic (exact) mass is 321 g/mol. The predicted octanol–water partition coefficient (Wildman–Crippen LogP) is 2.23. The molecule has 0 aromatic heterocycles. The zero-order valence-electron chi connectivity index (χ0n) is 13.1. The maximum Gasteiger partial charge on any atom is 0.331 e. The van der Waals surface area contributed by atoms with Crippen molar-refractivity contribution in [3.05, 3.63) is 53.6 Å². The van der Waals surface area contributed by atoms with Gasteiger partial charge in [-0.25, -0.2) is 4.79 Å². The van der Waals surface area contributed by atoms with Crippen molar-refractivity contribution in [2.24, 2.45) is 0 Å². The molecule has 1 aliphatic rings. The summed E-state index contributed by atoms with van der Waals surface area (Å²) in [6.45, 7) is 1.90. The quantitative estimate of drug-likeness (QED) is 0.692. The van der Waals surface area contributed by atoms with Gasteiger partial charge in [0.15, 0.2) is 5.75 Å². The molecule has 1 amide bonds. The number of benzene rings is 2. The number of hydrogen-bond donors (Lipinski definition) is 1. The Hall–Kier alpha value is -3.33. The van der Waals surface area contributed by atoms with E-state index >= 15 is 0 Å². The molecule has 24 heavy (non-hydrogen) atoms. The molecular weight excluding hydrogens is 306 g/mol. The van der Waals surface area contributed by atoms with Crippen LogP contribution >= 0.6 is 0 Å². The lowest BCUT2D eigenvalue weighted by atomic mass is 10.1. The SMILES string of the molecule is Cc1ccc2c(c1)OC(=O)CN2CC(=O)Nc1ccccc1C#N. The van der Waals surface area contributed by atoms with Crippen molar-refractivity contribution in [2.75, 3.05) is 23.3 Å². The number of amides is 1. The highest BCUT2D eigenvalue weighted by molar-refractivity contribution is 5.97. The van der Waals surface area contributed by atoms with Gasteiger partial charge in [0.25, 0.3) is 0 Å². The fraction of sp³-hybridized carbons (Fsp3) is 0.167. The van der Waals surface area contributed by atoms with Gasteiger partial charge in [-0.15, -0.1) is 0 Å². The summed E-state index contributed by atoms with van der Waals surface area (Å²) in [5.74, 6) is -0.256. The van der Waals surface area contributed by atoms with Gasteiger partial charge >= 0.3 is 5.97 Å². The molecule has 0 spiro atoms. The number of hydrogen-bond acceptors (Lipinski definition) is 5. The Morgan fingerprint density at radius 1 is 1.33 bits per heavy atom. The van der Waals surface area contributed by atoms with Crippen LogP contribution in [0, 0.1) is 18.3 Å². The number of aryl methyl sites for hydroxylation is 1. The zero-order valence-corrected chi connectivity index (χ0v) is 13.1. The van der Waals surface area contributed by atoms with E-state index in [2.05, 4.69) is 5.32 Å². The summed E-state index contributed by atoms with van der Waals surface area (Å²) < 4.78 is 5.22. The van der Waals surface area contributed by atoms with Crippen LogP contribution in [0.15, 0.2) is 42.5 Å². The van der Waals surface area contributed by atoms with E-state index < -0.39 is 5.97 Å². The van der Waals surface area contributed by atoms with Crippen molar-refractivity contribution in [2.45, 2.75) is 6.92 Å². The summed E-state index contributed by atoms with van der Waals surface area (Å²) in [5.41, 5.74) is 2.51. The Kier molecular flexibility index (Phi) is 4.17. The Morgan fingerprint density at radius 2 is 2.12 bits per heavy atom. The lowest BCUT2D eigenvalue weighted by Crippen LogP contribution is -2.41. The van der Waals surface area contributed by atoms with Gasteiger partial charge < -0.3 is 15.0 Å². The summed E-state index contributed by atoms with van der Waals surface area (Å²) in [6, 6.07) is 14.3. The van der Waals surface area contributed by atoms with Crippen molar-refractivity contribution in [1.82, 2.24) is 0 Å². The molecule has 0 atom stereocenters. The minimum absolute atomic E-state index is 0.00335. The number of para-hydroxylation sites is 1. The van der Waals surface area contributed by atoms with Crippen LogP contribution < -0.4 is 15.0 Å². The number of anilines is 2. The maximum absolute atomic E-state index is 12.3. The smallest absolute Gasteiger partial charge is 0.331 e. The molecule has 6 nitrogen and oxygen atoms in total. The van der Waals surface area contributed by atoms with Gasteiger partial charge in [0.2, 0.25) is 5.91 Å². The lowest BCUT2D eigenvalue weighted by Gasteiger charge is -2.29. The third-order valence-electron chi connectivity index (χ3n) is 3.66.